The van der Waals surface area contributed by atoms with Crippen LogP contribution in [0.3, 0.4) is 0 Å². The van der Waals surface area contributed by atoms with Gasteiger partial charge in [0.2, 0.25) is 0 Å². The van der Waals surface area contributed by atoms with Crippen LogP contribution in [0.15, 0.2) is 83.3 Å². The van der Waals surface area contributed by atoms with Crippen molar-refractivity contribution in [3.63, 3.8) is 0 Å². The summed E-state index contributed by atoms with van der Waals surface area (Å²) in [5.74, 6) is 0. The number of hydrogen-bond donors (Lipinski definition) is 0. The molecule has 0 atom stereocenters. The molecule has 0 spiro atoms. The van der Waals surface area contributed by atoms with E-state index < -0.39 is 0 Å². The normalized spacial score (nSPS) is 8.94. The van der Waals surface area contributed by atoms with Crippen molar-refractivity contribution >= 4 is 15.9 Å². The number of rotatable bonds is 1. The minimum atomic E-state index is 0. The maximum absolute atomic E-state index is 3.45. The molecule has 0 saturated heterocycles. The Morgan fingerprint density at radius 1 is 0.889 bits per heavy atom. The van der Waals surface area contributed by atoms with Crippen LogP contribution in [-0.2, 0) is 17.1 Å². The van der Waals surface area contributed by atoms with Crippen LogP contribution < -0.4 is 0 Å². The molecule has 18 heavy (non-hydrogen) atoms. The van der Waals surface area contributed by atoms with E-state index in [0.717, 1.165) is 4.47 Å². The monoisotopic (exact) mass is 340 g/mol. The summed E-state index contributed by atoms with van der Waals surface area (Å²) in [6, 6.07) is 26.6. The molecule has 0 nitrogen and oxygen atoms in total. The van der Waals surface area contributed by atoms with Crippen molar-refractivity contribution in [3.8, 4) is 11.1 Å². The van der Waals surface area contributed by atoms with E-state index in [1.807, 2.05) is 42.5 Å². The molecule has 3 aromatic rings. The van der Waals surface area contributed by atoms with Gasteiger partial charge in [-0.15, -0.1) is 29.8 Å². The molecule has 0 fully saturated rings. The number of benzene rings is 1. The van der Waals surface area contributed by atoms with Gasteiger partial charge in [-0.05, 0) is 4.47 Å². The summed E-state index contributed by atoms with van der Waals surface area (Å²) in [4.78, 5) is 0. The first-order chi connectivity index (χ1) is 8.36. The Kier molecular flexibility index (Phi) is 6.74. The van der Waals surface area contributed by atoms with Crippen LogP contribution in [0, 0.1) is 0 Å². The fourth-order valence-corrected chi connectivity index (χ4v) is 1.95. The smallest absolute Gasteiger partial charge is 0.214 e. The Labute approximate surface area is 127 Å². The fraction of sp³-hybridized carbons (Fsp3) is 0. The van der Waals surface area contributed by atoms with Crippen LogP contribution in [0.2, 0.25) is 0 Å². The summed E-state index contributed by atoms with van der Waals surface area (Å²) in [6.07, 6.45) is 0. The number of halogens is 1. The van der Waals surface area contributed by atoms with Crippen LogP contribution in [-0.4, -0.2) is 0 Å². The molecular formula is C16H13BrFe. The zero-order chi connectivity index (χ0) is 11.9. The van der Waals surface area contributed by atoms with Gasteiger partial charge in [0.05, 0.1) is 0 Å². The zero-order valence-corrected chi connectivity index (χ0v) is 12.4. The van der Waals surface area contributed by atoms with Crippen LogP contribution in [0.1, 0.15) is 0 Å². The van der Waals surface area contributed by atoms with Crippen molar-refractivity contribution in [2.75, 3.05) is 0 Å². The third kappa shape index (κ3) is 4.66. The maximum atomic E-state index is 3.45. The Hall–Kier alpha value is -1.08. The summed E-state index contributed by atoms with van der Waals surface area (Å²) in [5.41, 5.74) is 2.53. The molecule has 0 aliphatic carbocycles. The SMILES string of the molecule is Brc1cccc(-[c-]2cccc2)c1.[Fe+2].c1cc[cH-]c1. The summed E-state index contributed by atoms with van der Waals surface area (Å²) < 4.78 is 1.13. The van der Waals surface area contributed by atoms with Crippen LogP contribution >= 0.6 is 15.9 Å². The Balaban J connectivity index is 0.000000230. The van der Waals surface area contributed by atoms with Gasteiger partial charge in [-0.1, -0.05) is 33.6 Å². The largest absolute Gasteiger partial charge is 2.00 e. The predicted molar refractivity (Wildman–Crippen MR) is 77.2 cm³/mol. The van der Waals surface area contributed by atoms with E-state index in [2.05, 4.69) is 52.3 Å². The van der Waals surface area contributed by atoms with Gasteiger partial charge in [0.25, 0.3) is 0 Å². The maximum Gasteiger partial charge on any atom is 2.00 e. The topological polar surface area (TPSA) is 0 Å². The van der Waals surface area contributed by atoms with E-state index in [-0.39, 0.29) is 17.1 Å². The molecule has 3 rings (SSSR count). The number of hydrogen-bond acceptors (Lipinski definition) is 0. The van der Waals surface area contributed by atoms with Gasteiger partial charge < -0.3 is 0 Å². The van der Waals surface area contributed by atoms with Crippen molar-refractivity contribution in [1.82, 2.24) is 0 Å². The van der Waals surface area contributed by atoms with E-state index in [0.29, 0.717) is 0 Å². The van der Waals surface area contributed by atoms with Crippen molar-refractivity contribution in [2.24, 2.45) is 0 Å². The first-order valence-electron chi connectivity index (χ1n) is 5.50. The summed E-state index contributed by atoms with van der Waals surface area (Å²) in [6.45, 7) is 0. The third-order valence-electron chi connectivity index (χ3n) is 2.38. The molecule has 0 aliphatic heterocycles. The van der Waals surface area contributed by atoms with E-state index in [9.17, 15) is 0 Å². The van der Waals surface area contributed by atoms with E-state index in [1.165, 1.54) is 11.1 Å². The Morgan fingerprint density at radius 3 is 2.06 bits per heavy atom. The molecular weight excluding hydrogens is 328 g/mol. The van der Waals surface area contributed by atoms with Crippen molar-refractivity contribution in [1.29, 1.82) is 0 Å². The molecule has 0 aliphatic rings. The van der Waals surface area contributed by atoms with Crippen molar-refractivity contribution in [2.45, 2.75) is 0 Å². The second kappa shape index (κ2) is 8.10. The average molecular weight is 341 g/mol. The molecule has 0 unspecified atom stereocenters. The zero-order valence-electron chi connectivity index (χ0n) is 9.74. The second-order valence-corrected chi connectivity index (χ2v) is 4.56. The van der Waals surface area contributed by atoms with Gasteiger partial charge in [0.15, 0.2) is 0 Å². The Bertz CT molecular complexity index is 507. The molecule has 3 aromatic carbocycles. The average Bonchev–Trinajstić information content (AvgIpc) is 3.06. The molecule has 2 heteroatoms. The molecule has 0 aromatic heterocycles. The van der Waals surface area contributed by atoms with Crippen LogP contribution in [0.5, 0.6) is 0 Å². The van der Waals surface area contributed by atoms with Gasteiger partial charge in [0.1, 0.15) is 0 Å². The van der Waals surface area contributed by atoms with Gasteiger partial charge in [-0.3, -0.25) is 0 Å². The summed E-state index contributed by atoms with van der Waals surface area (Å²) >= 11 is 3.45. The van der Waals surface area contributed by atoms with Crippen LogP contribution in [0.25, 0.3) is 11.1 Å². The van der Waals surface area contributed by atoms with Crippen molar-refractivity contribution in [3.05, 3.63) is 83.3 Å². The minimum Gasteiger partial charge on any atom is -0.214 e. The third-order valence-corrected chi connectivity index (χ3v) is 2.87. The molecule has 0 bridgehead atoms. The van der Waals surface area contributed by atoms with Gasteiger partial charge >= 0.3 is 17.1 Å². The summed E-state index contributed by atoms with van der Waals surface area (Å²) in [5, 5.41) is 0. The van der Waals surface area contributed by atoms with E-state index >= 15 is 0 Å². The Morgan fingerprint density at radius 2 is 1.56 bits per heavy atom. The molecule has 92 valence electrons. The quantitative estimate of drug-likeness (QED) is 0.420. The molecule has 0 saturated carbocycles. The molecule has 0 amide bonds. The van der Waals surface area contributed by atoms with Gasteiger partial charge in [0, 0.05) is 0 Å². The van der Waals surface area contributed by atoms with Crippen LogP contribution in [0.4, 0.5) is 0 Å². The molecule has 0 N–H and O–H groups in total. The minimum absolute atomic E-state index is 0. The first-order valence-corrected chi connectivity index (χ1v) is 6.30. The van der Waals surface area contributed by atoms with Gasteiger partial charge in [-0.25, -0.2) is 12.1 Å². The fourth-order valence-electron chi connectivity index (χ4n) is 1.56. The second-order valence-electron chi connectivity index (χ2n) is 3.65. The predicted octanol–water partition coefficient (Wildman–Crippen LogP) is 5.24. The molecule has 0 radical (unpaired) electrons. The van der Waals surface area contributed by atoms with Crippen molar-refractivity contribution < 1.29 is 17.1 Å². The standard InChI is InChI=1S/C11H8Br.C5H5.Fe/c12-11-7-3-6-10(8-11)9-4-1-2-5-9;1-2-4-5-3-1;/h1-8H;1-5H;/q2*-1;+2. The molecule has 0 heterocycles. The van der Waals surface area contributed by atoms with E-state index in [1.54, 1.807) is 0 Å². The van der Waals surface area contributed by atoms with E-state index in [4.69, 9.17) is 0 Å². The van der Waals surface area contributed by atoms with Gasteiger partial charge in [-0.2, -0.15) is 30.3 Å². The summed E-state index contributed by atoms with van der Waals surface area (Å²) in [7, 11) is 0. The first kappa shape index (κ1) is 15.0.